The Hall–Kier alpha value is 0.410. The van der Waals surface area contributed by atoms with Crippen LogP contribution in [0.25, 0.3) is 0 Å². The molecule has 1 N–H and O–H groups in total. The minimum absolute atomic E-state index is 0.133. The van der Waals surface area contributed by atoms with Crippen LogP contribution < -0.4 is 0 Å². The average molecular weight is 340 g/mol. The van der Waals surface area contributed by atoms with E-state index >= 15 is 0 Å². The summed E-state index contributed by atoms with van der Waals surface area (Å²) in [5.74, 6) is 0. The van der Waals surface area contributed by atoms with Gasteiger partial charge in [-0.3, -0.25) is 0 Å². The summed E-state index contributed by atoms with van der Waals surface area (Å²) in [6, 6.07) is 1.24. The summed E-state index contributed by atoms with van der Waals surface area (Å²) in [7, 11) is 0. The molecule has 0 spiro atoms. The third kappa shape index (κ3) is 2.68. The van der Waals surface area contributed by atoms with Gasteiger partial charge in [-0.25, -0.2) is 0 Å². The zero-order valence-electron chi connectivity index (χ0n) is 5.90. The van der Waals surface area contributed by atoms with Crippen LogP contribution in [0.4, 0.5) is 13.2 Å². The van der Waals surface area contributed by atoms with Crippen molar-refractivity contribution in [2.75, 3.05) is 0 Å². The number of hydrogen-bond donors (Lipinski definition) is 1. The molecule has 0 saturated heterocycles. The molecule has 0 aliphatic rings. The summed E-state index contributed by atoms with van der Waals surface area (Å²) < 4.78 is 37.0. The van der Waals surface area contributed by atoms with E-state index in [2.05, 4.69) is 31.9 Å². The van der Waals surface area contributed by atoms with Crippen LogP contribution in [0.3, 0.4) is 0 Å². The van der Waals surface area contributed by atoms with Crippen molar-refractivity contribution in [1.82, 2.24) is 0 Å². The minimum Gasteiger partial charge on any atom is -0.379 e. The maximum absolute atomic E-state index is 12.0. The van der Waals surface area contributed by atoms with E-state index < -0.39 is 12.3 Å². The van der Waals surface area contributed by atoms with Gasteiger partial charge in [-0.05, 0) is 37.9 Å². The molecule has 0 aromatic carbocycles. The summed E-state index contributed by atoms with van der Waals surface area (Å²) in [5, 5.41) is 8.84. The van der Waals surface area contributed by atoms with E-state index in [-0.39, 0.29) is 4.88 Å². The number of halogens is 5. The molecule has 0 amide bonds. The Morgan fingerprint density at radius 2 is 1.92 bits per heavy atom. The quantitative estimate of drug-likeness (QED) is 0.823. The predicted molar refractivity (Wildman–Crippen MR) is 50.7 cm³/mol. The summed E-state index contributed by atoms with van der Waals surface area (Å²) >= 11 is 6.93. The van der Waals surface area contributed by atoms with Gasteiger partial charge >= 0.3 is 6.18 Å². The molecule has 1 unspecified atom stereocenters. The first-order chi connectivity index (χ1) is 5.82. The van der Waals surface area contributed by atoms with Crippen LogP contribution in [-0.4, -0.2) is 11.3 Å². The van der Waals surface area contributed by atoms with Crippen molar-refractivity contribution in [3.8, 4) is 0 Å². The fraction of sp³-hybridized carbons (Fsp3) is 0.333. The first-order valence-corrected chi connectivity index (χ1v) is 5.42. The molecule has 0 radical (unpaired) electrons. The highest BCUT2D eigenvalue weighted by molar-refractivity contribution is 9.13. The van der Waals surface area contributed by atoms with Crippen molar-refractivity contribution in [1.29, 1.82) is 0 Å². The van der Waals surface area contributed by atoms with Gasteiger partial charge in [0, 0.05) is 9.35 Å². The number of aliphatic hydroxyl groups is 1. The van der Waals surface area contributed by atoms with Crippen LogP contribution in [0.5, 0.6) is 0 Å². The second kappa shape index (κ2) is 3.88. The van der Waals surface area contributed by atoms with Gasteiger partial charge in [-0.1, -0.05) is 0 Å². The van der Waals surface area contributed by atoms with E-state index in [1.54, 1.807) is 0 Å². The minimum atomic E-state index is -4.61. The standard InChI is InChI=1S/C6H3Br2F3OS/c7-2-1-3(13-5(2)8)4(12)6(9,10)11/h1,4,12H. The van der Waals surface area contributed by atoms with Crippen LogP contribution in [0.15, 0.2) is 14.3 Å². The zero-order chi connectivity index (χ0) is 10.2. The molecule has 0 saturated carbocycles. The number of aliphatic hydroxyl groups excluding tert-OH is 1. The molecule has 1 aromatic rings. The summed E-state index contributed by atoms with van der Waals surface area (Å²) in [5.41, 5.74) is 0. The van der Waals surface area contributed by atoms with Gasteiger partial charge in [-0.2, -0.15) is 13.2 Å². The number of alkyl halides is 3. The Morgan fingerprint density at radius 3 is 2.23 bits per heavy atom. The highest BCUT2D eigenvalue weighted by Gasteiger charge is 2.40. The first-order valence-electron chi connectivity index (χ1n) is 3.02. The molecule has 1 heterocycles. The van der Waals surface area contributed by atoms with Crippen LogP contribution in [-0.2, 0) is 0 Å². The van der Waals surface area contributed by atoms with Crippen molar-refractivity contribution in [3.05, 3.63) is 19.2 Å². The molecule has 7 heteroatoms. The summed E-state index contributed by atoms with van der Waals surface area (Å²) in [6.45, 7) is 0. The van der Waals surface area contributed by atoms with Crippen molar-refractivity contribution in [2.45, 2.75) is 12.3 Å². The number of rotatable bonds is 1. The van der Waals surface area contributed by atoms with Crippen LogP contribution in [0.2, 0.25) is 0 Å². The van der Waals surface area contributed by atoms with E-state index in [4.69, 9.17) is 5.11 Å². The number of thiophene rings is 1. The van der Waals surface area contributed by atoms with Crippen LogP contribution in [0, 0.1) is 0 Å². The smallest absolute Gasteiger partial charge is 0.379 e. The first kappa shape index (κ1) is 11.5. The summed E-state index contributed by atoms with van der Waals surface area (Å²) in [6.07, 6.45) is -7.01. The molecule has 74 valence electrons. The Morgan fingerprint density at radius 1 is 1.38 bits per heavy atom. The Balaban J connectivity index is 2.96. The normalized spacial score (nSPS) is 14.6. The largest absolute Gasteiger partial charge is 0.419 e. The van der Waals surface area contributed by atoms with Gasteiger partial charge < -0.3 is 5.11 Å². The molecule has 1 nitrogen and oxygen atoms in total. The topological polar surface area (TPSA) is 20.2 Å². The Labute approximate surface area is 92.8 Å². The highest BCUT2D eigenvalue weighted by Crippen LogP contribution is 2.41. The Kier molecular flexibility index (Phi) is 3.43. The molecule has 1 aromatic heterocycles. The lowest BCUT2D eigenvalue weighted by atomic mass is 10.3. The van der Waals surface area contributed by atoms with Crippen molar-refractivity contribution < 1.29 is 18.3 Å². The lowest BCUT2D eigenvalue weighted by Crippen LogP contribution is -2.18. The fourth-order valence-electron chi connectivity index (χ4n) is 0.659. The summed E-state index contributed by atoms with van der Waals surface area (Å²) in [4.78, 5) is -0.133. The average Bonchev–Trinajstić information content (AvgIpc) is 2.29. The molecule has 0 aliphatic carbocycles. The monoisotopic (exact) mass is 338 g/mol. The van der Waals surface area contributed by atoms with E-state index in [0.717, 1.165) is 11.3 Å². The second-order valence-corrected chi connectivity index (χ2v) is 5.47. The van der Waals surface area contributed by atoms with E-state index in [1.165, 1.54) is 6.07 Å². The van der Waals surface area contributed by atoms with E-state index in [0.29, 0.717) is 8.26 Å². The molecular weight excluding hydrogens is 337 g/mol. The lowest BCUT2D eigenvalue weighted by molar-refractivity contribution is -0.205. The maximum atomic E-state index is 12.0. The van der Waals surface area contributed by atoms with Gasteiger partial charge in [0.2, 0.25) is 0 Å². The predicted octanol–water partition coefficient (Wildman–Crippen LogP) is 3.87. The van der Waals surface area contributed by atoms with Gasteiger partial charge in [-0.15, -0.1) is 11.3 Å². The van der Waals surface area contributed by atoms with E-state index in [9.17, 15) is 13.2 Å². The lowest BCUT2D eigenvalue weighted by Gasteiger charge is -2.11. The number of hydrogen-bond acceptors (Lipinski definition) is 2. The Bertz CT molecular complexity index is 290. The third-order valence-electron chi connectivity index (χ3n) is 1.24. The van der Waals surface area contributed by atoms with Gasteiger partial charge in [0.25, 0.3) is 0 Å². The fourth-order valence-corrected chi connectivity index (χ4v) is 2.76. The van der Waals surface area contributed by atoms with Crippen molar-refractivity contribution >= 4 is 43.2 Å². The third-order valence-corrected chi connectivity index (χ3v) is 4.55. The molecule has 13 heavy (non-hydrogen) atoms. The van der Waals surface area contributed by atoms with E-state index in [1.807, 2.05) is 0 Å². The van der Waals surface area contributed by atoms with Gasteiger partial charge in [0.15, 0.2) is 6.10 Å². The molecule has 1 atom stereocenters. The maximum Gasteiger partial charge on any atom is 0.419 e. The zero-order valence-corrected chi connectivity index (χ0v) is 9.89. The van der Waals surface area contributed by atoms with Gasteiger partial charge in [0.1, 0.15) is 0 Å². The molecule has 0 bridgehead atoms. The molecular formula is C6H3Br2F3OS. The van der Waals surface area contributed by atoms with Gasteiger partial charge in [0.05, 0.1) is 3.79 Å². The van der Waals surface area contributed by atoms with Crippen molar-refractivity contribution in [2.24, 2.45) is 0 Å². The van der Waals surface area contributed by atoms with Crippen molar-refractivity contribution in [3.63, 3.8) is 0 Å². The molecule has 0 fully saturated rings. The molecule has 0 aliphatic heterocycles. The van der Waals surface area contributed by atoms with Crippen LogP contribution in [0.1, 0.15) is 11.0 Å². The van der Waals surface area contributed by atoms with Crippen LogP contribution >= 0.6 is 43.2 Å². The highest BCUT2D eigenvalue weighted by atomic mass is 79.9. The second-order valence-electron chi connectivity index (χ2n) is 2.21. The SMILES string of the molecule is OC(c1cc(Br)c(Br)s1)C(F)(F)F. The molecule has 1 rings (SSSR count).